The number of aromatic nitrogens is 2. The van der Waals surface area contributed by atoms with Gasteiger partial charge >= 0.3 is 0 Å². The number of hydrogen-bond donors (Lipinski definition) is 0. The molecular weight excluding hydrogens is 330 g/mol. The van der Waals surface area contributed by atoms with Crippen molar-refractivity contribution in [3.63, 3.8) is 0 Å². The summed E-state index contributed by atoms with van der Waals surface area (Å²) < 4.78 is 34.2. The Balaban J connectivity index is 1.71. The van der Waals surface area contributed by atoms with Crippen LogP contribution in [0.5, 0.6) is 5.88 Å². The van der Waals surface area contributed by atoms with Gasteiger partial charge in [-0.1, -0.05) is 6.42 Å². The van der Waals surface area contributed by atoms with Gasteiger partial charge in [-0.25, -0.2) is 9.97 Å². The molecule has 3 rings (SSSR count). The van der Waals surface area contributed by atoms with Gasteiger partial charge in [-0.2, -0.15) is 17.0 Å². The van der Waals surface area contributed by atoms with E-state index in [1.807, 2.05) is 0 Å². The van der Waals surface area contributed by atoms with Gasteiger partial charge in [-0.3, -0.25) is 0 Å². The molecule has 2 aliphatic heterocycles. The minimum absolute atomic E-state index is 0.457. The first-order valence-corrected chi connectivity index (χ1v) is 9.88. The molecule has 0 amide bonds. The average molecular weight is 355 g/mol. The van der Waals surface area contributed by atoms with Gasteiger partial charge in [0.2, 0.25) is 0 Å². The van der Waals surface area contributed by atoms with Gasteiger partial charge < -0.3 is 9.64 Å². The standard InChI is InChI=1S/C15H25N5O3S/c1-23-15-14(16-6-7-17-15)18-8-5-11-20(13-12-18)24(21,22)19-9-3-2-4-10-19/h6-7H,2-5,8-13H2,1H3. The maximum absolute atomic E-state index is 12.8. The van der Waals surface area contributed by atoms with Crippen LogP contribution in [0.2, 0.25) is 0 Å². The van der Waals surface area contributed by atoms with E-state index >= 15 is 0 Å². The molecule has 0 radical (unpaired) electrons. The van der Waals surface area contributed by atoms with Crippen molar-refractivity contribution in [3.8, 4) is 5.88 Å². The van der Waals surface area contributed by atoms with E-state index in [1.54, 1.807) is 28.1 Å². The molecule has 8 nitrogen and oxygen atoms in total. The van der Waals surface area contributed by atoms with E-state index in [-0.39, 0.29) is 0 Å². The second-order valence-electron chi connectivity index (χ2n) is 6.10. The first kappa shape index (κ1) is 17.4. The lowest BCUT2D eigenvalue weighted by molar-refractivity contribution is 0.307. The van der Waals surface area contributed by atoms with Gasteiger partial charge in [-0.15, -0.1) is 0 Å². The third kappa shape index (κ3) is 3.62. The third-order valence-corrected chi connectivity index (χ3v) is 6.60. The highest BCUT2D eigenvalue weighted by atomic mass is 32.2. The van der Waals surface area contributed by atoms with Crippen LogP contribution in [0.15, 0.2) is 12.4 Å². The molecule has 2 aliphatic rings. The van der Waals surface area contributed by atoms with Crippen LogP contribution in [0.4, 0.5) is 5.82 Å². The van der Waals surface area contributed by atoms with Gasteiger partial charge in [0, 0.05) is 51.7 Å². The smallest absolute Gasteiger partial charge is 0.282 e. The van der Waals surface area contributed by atoms with Crippen molar-refractivity contribution in [2.24, 2.45) is 0 Å². The molecule has 1 aromatic rings. The van der Waals surface area contributed by atoms with E-state index in [1.165, 1.54) is 0 Å². The van der Waals surface area contributed by atoms with Crippen LogP contribution in [0, 0.1) is 0 Å². The van der Waals surface area contributed by atoms with Gasteiger partial charge in [-0.05, 0) is 19.3 Å². The van der Waals surface area contributed by atoms with Gasteiger partial charge in [0.25, 0.3) is 16.1 Å². The van der Waals surface area contributed by atoms with Crippen LogP contribution in [-0.2, 0) is 10.2 Å². The van der Waals surface area contributed by atoms with Crippen LogP contribution in [-0.4, -0.2) is 73.4 Å². The molecule has 0 saturated carbocycles. The lowest BCUT2D eigenvalue weighted by Gasteiger charge is -2.31. The molecule has 0 aliphatic carbocycles. The van der Waals surface area contributed by atoms with Crippen molar-refractivity contribution in [2.45, 2.75) is 25.7 Å². The maximum atomic E-state index is 12.8. The SMILES string of the molecule is COc1nccnc1N1CCCN(S(=O)(=O)N2CCCCC2)CC1. The molecule has 134 valence electrons. The molecule has 24 heavy (non-hydrogen) atoms. The third-order valence-electron chi connectivity index (χ3n) is 4.56. The first-order chi connectivity index (χ1) is 11.6. The summed E-state index contributed by atoms with van der Waals surface area (Å²) in [7, 11) is -1.79. The van der Waals surface area contributed by atoms with E-state index in [2.05, 4.69) is 14.9 Å². The predicted octanol–water partition coefficient (Wildman–Crippen LogP) is 0.728. The van der Waals surface area contributed by atoms with Crippen molar-refractivity contribution in [3.05, 3.63) is 12.4 Å². The minimum Gasteiger partial charge on any atom is -0.478 e. The van der Waals surface area contributed by atoms with E-state index in [9.17, 15) is 8.42 Å². The Labute approximate surface area is 143 Å². The number of hydrogen-bond acceptors (Lipinski definition) is 6. The minimum atomic E-state index is -3.36. The summed E-state index contributed by atoms with van der Waals surface area (Å²) in [6.07, 6.45) is 7.00. The zero-order valence-corrected chi connectivity index (χ0v) is 14.9. The summed E-state index contributed by atoms with van der Waals surface area (Å²) in [6, 6.07) is 0. The fraction of sp³-hybridized carbons (Fsp3) is 0.733. The van der Waals surface area contributed by atoms with E-state index < -0.39 is 10.2 Å². The normalized spacial score (nSPS) is 21.5. The molecule has 0 aromatic carbocycles. The van der Waals surface area contributed by atoms with Crippen molar-refractivity contribution in [2.75, 3.05) is 51.3 Å². The van der Waals surface area contributed by atoms with E-state index in [4.69, 9.17) is 4.74 Å². The Bertz CT molecular complexity index is 648. The summed E-state index contributed by atoms with van der Waals surface area (Å²) in [4.78, 5) is 10.6. The molecule has 2 saturated heterocycles. The molecule has 3 heterocycles. The van der Waals surface area contributed by atoms with Crippen molar-refractivity contribution < 1.29 is 13.2 Å². The Morgan fingerprint density at radius 1 is 0.875 bits per heavy atom. The predicted molar refractivity (Wildman–Crippen MR) is 91.3 cm³/mol. The van der Waals surface area contributed by atoms with Crippen molar-refractivity contribution in [1.29, 1.82) is 0 Å². The van der Waals surface area contributed by atoms with E-state index in [0.29, 0.717) is 44.4 Å². The Hall–Kier alpha value is -1.45. The van der Waals surface area contributed by atoms with Crippen molar-refractivity contribution in [1.82, 2.24) is 18.6 Å². The quantitative estimate of drug-likeness (QED) is 0.792. The monoisotopic (exact) mass is 355 g/mol. The number of piperidine rings is 1. The highest BCUT2D eigenvalue weighted by Crippen LogP contribution is 2.24. The van der Waals surface area contributed by atoms with Gasteiger partial charge in [0.1, 0.15) is 0 Å². The fourth-order valence-electron chi connectivity index (χ4n) is 3.27. The van der Waals surface area contributed by atoms with E-state index in [0.717, 1.165) is 32.2 Å². The summed E-state index contributed by atoms with van der Waals surface area (Å²) in [5.41, 5.74) is 0. The number of nitrogens with zero attached hydrogens (tertiary/aromatic N) is 5. The summed E-state index contributed by atoms with van der Waals surface area (Å²) in [5.74, 6) is 1.15. The van der Waals surface area contributed by atoms with Crippen LogP contribution in [0.3, 0.4) is 0 Å². The van der Waals surface area contributed by atoms with Gasteiger partial charge in [0.05, 0.1) is 7.11 Å². The molecule has 0 spiro atoms. The molecular formula is C15H25N5O3S. The largest absolute Gasteiger partial charge is 0.478 e. The molecule has 0 bridgehead atoms. The van der Waals surface area contributed by atoms with Gasteiger partial charge in [0.15, 0.2) is 5.82 Å². The Kier molecular flexibility index (Phi) is 5.52. The fourth-order valence-corrected chi connectivity index (χ4v) is 4.99. The number of rotatable bonds is 4. The Morgan fingerprint density at radius 2 is 1.54 bits per heavy atom. The second kappa shape index (κ2) is 7.62. The summed E-state index contributed by atoms with van der Waals surface area (Å²) in [6.45, 7) is 3.60. The lowest BCUT2D eigenvalue weighted by Crippen LogP contribution is -2.47. The maximum Gasteiger partial charge on any atom is 0.282 e. The topological polar surface area (TPSA) is 78.9 Å². The summed E-state index contributed by atoms with van der Waals surface area (Å²) in [5, 5.41) is 0. The van der Waals surface area contributed by atoms with Crippen molar-refractivity contribution >= 4 is 16.0 Å². The molecule has 2 fully saturated rings. The van der Waals surface area contributed by atoms with Crippen LogP contribution in [0.25, 0.3) is 0 Å². The number of ether oxygens (including phenoxy) is 1. The first-order valence-electron chi connectivity index (χ1n) is 8.48. The van der Waals surface area contributed by atoms with Crippen LogP contribution in [0.1, 0.15) is 25.7 Å². The molecule has 0 unspecified atom stereocenters. The zero-order chi connectivity index (χ0) is 17.0. The highest BCUT2D eigenvalue weighted by molar-refractivity contribution is 7.86. The zero-order valence-electron chi connectivity index (χ0n) is 14.1. The lowest BCUT2D eigenvalue weighted by atomic mass is 10.2. The highest BCUT2D eigenvalue weighted by Gasteiger charge is 2.32. The number of anilines is 1. The Morgan fingerprint density at radius 3 is 2.29 bits per heavy atom. The molecule has 0 atom stereocenters. The number of methoxy groups -OCH3 is 1. The van der Waals surface area contributed by atoms with Crippen LogP contribution >= 0.6 is 0 Å². The van der Waals surface area contributed by atoms with Crippen LogP contribution < -0.4 is 9.64 Å². The molecule has 1 aromatic heterocycles. The molecule has 0 N–H and O–H groups in total. The average Bonchev–Trinajstić information content (AvgIpc) is 2.89. The molecule has 9 heteroatoms. The second-order valence-corrected chi connectivity index (χ2v) is 8.02. The summed E-state index contributed by atoms with van der Waals surface area (Å²) >= 11 is 0.